The van der Waals surface area contributed by atoms with Gasteiger partial charge in [0.25, 0.3) is 5.91 Å². The molecule has 0 aliphatic rings. The SMILES string of the molecule is COc1ccc(/C=C/C(=O)O[C@@H](C)C(=O)Nc2ccc(C(N)=O)cc2)cc1F. The minimum atomic E-state index is -1.07. The lowest BCUT2D eigenvalue weighted by molar-refractivity contribution is -0.148. The second-order valence-corrected chi connectivity index (χ2v) is 5.74. The van der Waals surface area contributed by atoms with Crippen molar-refractivity contribution in [3.05, 3.63) is 65.5 Å². The summed E-state index contributed by atoms with van der Waals surface area (Å²) in [6.07, 6.45) is 1.38. The molecule has 0 bridgehead atoms. The summed E-state index contributed by atoms with van der Waals surface area (Å²) in [6.45, 7) is 1.41. The fourth-order valence-electron chi connectivity index (χ4n) is 2.18. The van der Waals surface area contributed by atoms with Gasteiger partial charge in [-0.3, -0.25) is 9.59 Å². The van der Waals surface area contributed by atoms with E-state index < -0.39 is 29.7 Å². The van der Waals surface area contributed by atoms with Crippen LogP contribution in [0.3, 0.4) is 0 Å². The van der Waals surface area contributed by atoms with Gasteiger partial charge >= 0.3 is 5.97 Å². The van der Waals surface area contributed by atoms with Crippen LogP contribution >= 0.6 is 0 Å². The molecule has 2 aromatic rings. The first-order valence-corrected chi connectivity index (χ1v) is 8.23. The van der Waals surface area contributed by atoms with Crippen molar-refractivity contribution in [2.45, 2.75) is 13.0 Å². The van der Waals surface area contributed by atoms with E-state index in [0.29, 0.717) is 16.8 Å². The average Bonchev–Trinajstić information content (AvgIpc) is 2.66. The van der Waals surface area contributed by atoms with Gasteiger partial charge in [-0.25, -0.2) is 9.18 Å². The molecule has 28 heavy (non-hydrogen) atoms. The zero-order chi connectivity index (χ0) is 20.7. The number of anilines is 1. The van der Waals surface area contributed by atoms with Gasteiger partial charge in [0.1, 0.15) is 0 Å². The maximum atomic E-state index is 13.6. The Bertz CT molecular complexity index is 909. The number of methoxy groups -OCH3 is 1. The van der Waals surface area contributed by atoms with Gasteiger partial charge in [-0.15, -0.1) is 0 Å². The van der Waals surface area contributed by atoms with Crippen LogP contribution < -0.4 is 15.8 Å². The molecular weight excluding hydrogens is 367 g/mol. The minimum Gasteiger partial charge on any atom is -0.494 e. The van der Waals surface area contributed by atoms with Gasteiger partial charge in [0.05, 0.1) is 7.11 Å². The molecule has 0 spiro atoms. The Morgan fingerprint density at radius 3 is 2.39 bits per heavy atom. The van der Waals surface area contributed by atoms with E-state index in [1.165, 1.54) is 56.5 Å². The first-order valence-electron chi connectivity index (χ1n) is 8.23. The fourth-order valence-corrected chi connectivity index (χ4v) is 2.18. The number of primary amides is 1. The van der Waals surface area contributed by atoms with Gasteiger partial charge in [-0.05, 0) is 55.0 Å². The van der Waals surface area contributed by atoms with Crippen LogP contribution in [0.2, 0.25) is 0 Å². The van der Waals surface area contributed by atoms with E-state index in [4.69, 9.17) is 15.2 Å². The van der Waals surface area contributed by atoms with E-state index in [2.05, 4.69) is 5.32 Å². The van der Waals surface area contributed by atoms with Crippen molar-refractivity contribution in [2.75, 3.05) is 12.4 Å². The van der Waals surface area contributed by atoms with Crippen LogP contribution in [0, 0.1) is 5.82 Å². The summed E-state index contributed by atoms with van der Waals surface area (Å²) in [7, 11) is 1.35. The summed E-state index contributed by atoms with van der Waals surface area (Å²) in [5, 5.41) is 2.55. The molecule has 7 nitrogen and oxygen atoms in total. The third-order valence-electron chi connectivity index (χ3n) is 3.69. The highest BCUT2D eigenvalue weighted by Gasteiger charge is 2.17. The summed E-state index contributed by atoms with van der Waals surface area (Å²) in [5.41, 5.74) is 6.30. The predicted molar refractivity (Wildman–Crippen MR) is 101 cm³/mol. The number of amides is 2. The number of hydrogen-bond donors (Lipinski definition) is 2. The molecule has 0 radical (unpaired) electrons. The Kier molecular flexibility index (Phi) is 6.86. The predicted octanol–water partition coefficient (Wildman–Crippen LogP) is 2.52. The van der Waals surface area contributed by atoms with Gasteiger partial charge in [0.2, 0.25) is 5.91 Å². The van der Waals surface area contributed by atoms with Crippen LogP contribution in [0.15, 0.2) is 48.5 Å². The normalized spacial score (nSPS) is 11.7. The summed E-state index contributed by atoms with van der Waals surface area (Å²) in [6, 6.07) is 10.1. The molecule has 0 saturated carbocycles. The highest BCUT2D eigenvalue weighted by Crippen LogP contribution is 2.18. The van der Waals surface area contributed by atoms with Crippen molar-refractivity contribution >= 4 is 29.5 Å². The number of benzene rings is 2. The third kappa shape index (κ3) is 5.66. The van der Waals surface area contributed by atoms with Gasteiger partial charge in [0, 0.05) is 17.3 Å². The number of esters is 1. The molecule has 0 unspecified atom stereocenters. The standard InChI is InChI=1S/C20H19FN2O5/c1-12(20(26)23-15-7-5-14(6-8-15)19(22)25)28-18(24)10-4-13-3-9-17(27-2)16(21)11-13/h3-12H,1-2H3,(H2,22,25)(H,23,26)/b10-4+/t12-/m0/s1. The third-order valence-corrected chi connectivity index (χ3v) is 3.69. The van der Waals surface area contributed by atoms with Crippen molar-refractivity contribution in [2.24, 2.45) is 5.73 Å². The van der Waals surface area contributed by atoms with E-state index in [9.17, 15) is 18.8 Å². The number of carbonyl (C=O) groups is 3. The Morgan fingerprint density at radius 1 is 1.14 bits per heavy atom. The van der Waals surface area contributed by atoms with Crippen molar-refractivity contribution in [1.29, 1.82) is 0 Å². The lowest BCUT2D eigenvalue weighted by atomic mass is 10.2. The Morgan fingerprint density at radius 2 is 1.82 bits per heavy atom. The van der Waals surface area contributed by atoms with E-state index in [1.807, 2.05) is 0 Å². The smallest absolute Gasteiger partial charge is 0.331 e. The van der Waals surface area contributed by atoms with Gasteiger partial charge in [-0.2, -0.15) is 0 Å². The number of ether oxygens (including phenoxy) is 2. The van der Waals surface area contributed by atoms with Gasteiger partial charge < -0.3 is 20.5 Å². The summed E-state index contributed by atoms with van der Waals surface area (Å²) >= 11 is 0. The van der Waals surface area contributed by atoms with Crippen LogP contribution in [-0.4, -0.2) is 31.0 Å². The first-order chi connectivity index (χ1) is 13.3. The molecule has 146 valence electrons. The Balaban J connectivity index is 1.91. The van der Waals surface area contributed by atoms with Crippen LogP contribution in [0.25, 0.3) is 6.08 Å². The van der Waals surface area contributed by atoms with E-state index in [0.717, 1.165) is 6.08 Å². The van der Waals surface area contributed by atoms with Crippen LogP contribution in [0.1, 0.15) is 22.8 Å². The molecule has 2 aromatic carbocycles. The highest BCUT2D eigenvalue weighted by atomic mass is 19.1. The molecule has 0 heterocycles. The number of rotatable bonds is 7. The minimum absolute atomic E-state index is 0.0916. The molecule has 0 saturated heterocycles. The van der Waals surface area contributed by atoms with Gasteiger partial charge in [-0.1, -0.05) is 6.07 Å². The van der Waals surface area contributed by atoms with Crippen molar-refractivity contribution in [3.63, 3.8) is 0 Å². The topological polar surface area (TPSA) is 108 Å². The molecular formula is C20H19FN2O5. The molecule has 3 N–H and O–H groups in total. The highest BCUT2D eigenvalue weighted by molar-refractivity contribution is 5.97. The van der Waals surface area contributed by atoms with E-state index in [1.54, 1.807) is 6.07 Å². The summed E-state index contributed by atoms with van der Waals surface area (Å²) in [4.78, 5) is 35.0. The molecule has 0 aliphatic heterocycles. The second-order valence-electron chi connectivity index (χ2n) is 5.74. The van der Waals surface area contributed by atoms with Crippen LogP contribution in [0.5, 0.6) is 5.75 Å². The lowest BCUT2D eigenvalue weighted by Gasteiger charge is -2.12. The molecule has 0 fully saturated rings. The molecule has 2 rings (SSSR count). The second kappa shape index (κ2) is 9.31. The molecule has 0 aromatic heterocycles. The maximum absolute atomic E-state index is 13.6. The zero-order valence-electron chi connectivity index (χ0n) is 15.3. The van der Waals surface area contributed by atoms with Crippen molar-refractivity contribution < 1.29 is 28.2 Å². The molecule has 0 aliphatic carbocycles. The number of halogens is 1. The number of carbonyl (C=O) groups excluding carboxylic acids is 3. The fraction of sp³-hybridized carbons (Fsp3) is 0.150. The zero-order valence-corrected chi connectivity index (χ0v) is 15.3. The largest absolute Gasteiger partial charge is 0.494 e. The number of nitrogens with one attached hydrogen (secondary N) is 1. The monoisotopic (exact) mass is 386 g/mol. The average molecular weight is 386 g/mol. The Labute approximate surface area is 160 Å². The van der Waals surface area contributed by atoms with E-state index in [-0.39, 0.29) is 5.75 Å². The van der Waals surface area contributed by atoms with Crippen molar-refractivity contribution in [3.8, 4) is 5.75 Å². The first kappa shape index (κ1) is 20.6. The lowest BCUT2D eigenvalue weighted by Crippen LogP contribution is -2.29. The maximum Gasteiger partial charge on any atom is 0.331 e. The van der Waals surface area contributed by atoms with E-state index >= 15 is 0 Å². The molecule has 1 atom stereocenters. The van der Waals surface area contributed by atoms with Crippen molar-refractivity contribution in [1.82, 2.24) is 0 Å². The summed E-state index contributed by atoms with van der Waals surface area (Å²) < 4.78 is 23.4. The molecule has 8 heteroatoms. The summed E-state index contributed by atoms with van der Waals surface area (Å²) in [5.74, 6) is -2.36. The molecule has 2 amide bonds. The van der Waals surface area contributed by atoms with Gasteiger partial charge in [0.15, 0.2) is 17.7 Å². The van der Waals surface area contributed by atoms with Crippen LogP contribution in [-0.2, 0) is 14.3 Å². The number of nitrogens with two attached hydrogens (primary N) is 1. The Hall–Kier alpha value is -3.68. The quantitative estimate of drug-likeness (QED) is 0.562. The van der Waals surface area contributed by atoms with Crippen LogP contribution in [0.4, 0.5) is 10.1 Å². The number of hydrogen-bond acceptors (Lipinski definition) is 5.